The zero-order chi connectivity index (χ0) is 9.97. The maximum absolute atomic E-state index is 10.8. The number of cyclic esters (lactones) is 1. The molecule has 1 aliphatic rings. The van der Waals surface area contributed by atoms with Crippen molar-refractivity contribution in [3.63, 3.8) is 0 Å². The first-order valence-corrected chi connectivity index (χ1v) is 5.22. The molecular weight excluding hydrogens is 293 g/mol. The van der Waals surface area contributed by atoms with E-state index >= 15 is 0 Å². The van der Waals surface area contributed by atoms with Gasteiger partial charge in [0.1, 0.15) is 6.61 Å². The summed E-state index contributed by atoms with van der Waals surface area (Å²) < 4.78 is 5.95. The van der Waals surface area contributed by atoms with Gasteiger partial charge in [-0.1, -0.05) is 0 Å². The van der Waals surface area contributed by atoms with Crippen molar-refractivity contribution in [3.8, 4) is 0 Å². The lowest BCUT2D eigenvalue weighted by atomic mass is 10.3. The molecule has 0 unspecified atom stereocenters. The quantitative estimate of drug-likeness (QED) is 0.672. The van der Waals surface area contributed by atoms with E-state index in [0.29, 0.717) is 6.61 Å². The van der Waals surface area contributed by atoms with Crippen LogP contribution in [-0.2, 0) is 9.53 Å². The third-order valence-electron chi connectivity index (χ3n) is 1.81. The van der Waals surface area contributed by atoms with Crippen LogP contribution in [0.5, 0.6) is 0 Å². The Hall–Kier alpha value is -1.04. The maximum atomic E-state index is 10.8. The molecule has 1 aliphatic heterocycles. The summed E-state index contributed by atoms with van der Waals surface area (Å²) in [4.78, 5) is 10.8. The zero-order valence-electron chi connectivity index (χ0n) is 7.29. The van der Waals surface area contributed by atoms with Gasteiger partial charge in [0.05, 0.1) is 5.70 Å². The van der Waals surface area contributed by atoms with Crippen LogP contribution < -0.4 is 5.32 Å². The van der Waals surface area contributed by atoms with E-state index in [1.165, 1.54) is 9.65 Å². The summed E-state index contributed by atoms with van der Waals surface area (Å²) in [5.74, 6) is -0.280. The Labute approximate surface area is 95.3 Å². The number of nitrogens with one attached hydrogen (secondary N) is 1. The molecule has 1 N–H and O–H groups in total. The summed E-state index contributed by atoms with van der Waals surface area (Å²) in [6.45, 7) is 0.338. The molecule has 3 nitrogen and oxygen atoms in total. The predicted molar refractivity (Wildman–Crippen MR) is 61.8 cm³/mol. The fraction of sp³-hybridized carbons (Fsp3) is 0.100. The summed E-state index contributed by atoms with van der Waals surface area (Å²) in [6, 6.07) is 7.93. The molecule has 0 saturated carbocycles. The van der Waals surface area contributed by atoms with Gasteiger partial charge in [0.25, 0.3) is 0 Å². The third kappa shape index (κ3) is 2.25. The van der Waals surface area contributed by atoms with Gasteiger partial charge < -0.3 is 10.1 Å². The first-order valence-electron chi connectivity index (χ1n) is 4.14. The second kappa shape index (κ2) is 4.00. The van der Waals surface area contributed by atoms with Crippen molar-refractivity contribution >= 4 is 34.2 Å². The number of carbonyl (C=O) groups excluding carboxylic acids is 1. The van der Waals surface area contributed by atoms with Gasteiger partial charge >= 0.3 is 5.97 Å². The van der Waals surface area contributed by atoms with Crippen molar-refractivity contribution < 1.29 is 9.53 Å². The molecule has 0 bridgehead atoms. The Kier molecular flexibility index (Phi) is 2.72. The molecule has 2 rings (SSSR count). The molecule has 0 spiro atoms. The van der Waals surface area contributed by atoms with Gasteiger partial charge in [-0.2, -0.15) is 0 Å². The summed E-state index contributed by atoms with van der Waals surface area (Å²) in [7, 11) is 0. The Balaban J connectivity index is 2.08. The number of hydrogen-bond acceptors (Lipinski definition) is 3. The molecule has 0 aromatic heterocycles. The molecule has 1 heterocycles. The average molecular weight is 301 g/mol. The van der Waals surface area contributed by atoms with E-state index in [2.05, 4.69) is 27.9 Å². The number of carbonyl (C=O) groups is 1. The Morgan fingerprint density at radius 2 is 2.00 bits per heavy atom. The highest BCUT2D eigenvalue weighted by atomic mass is 127. The van der Waals surface area contributed by atoms with E-state index in [-0.39, 0.29) is 5.97 Å². The van der Waals surface area contributed by atoms with Crippen molar-refractivity contribution in [2.45, 2.75) is 0 Å². The minimum Gasteiger partial charge on any atom is -0.456 e. The monoisotopic (exact) mass is 301 g/mol. The van der Waals surface area contributed by atoms with Crippen LogP contribution in [0.15, 0.2) is 36.0 Å². The van der Waals surface area contributed by atoms with Gasteiger partial charge in [0, 0.05) is 15.3 Å². The number of benzene rings is 1. The average Bonchev–Trinajstić information content (AvgIpc) is 2.56. The summed E-state index contributed by atoms with van der Waals surface area (Å²) in [5.41, 5.74) is 1.77. The molecule has 0 fully saturated rings. The Bertz CT molecular complexity index is 384. The molecule has 0 saturated heterocycles. The number of ether oxygens (including phenoxy) is 1. The Morgan fingerprint density at radius 1 is 1.29 bits per heavy atom. The smallest absolute Gasteiger partial charge is 0.333 e. The maximum Gasteiger partial charge on any atom is 0.333 e. The van der Waals surface area contributed by atoms with Crippen LogP contribution in [0.3, 0.4) is 0 Å². The van der Waals surface area contributed by atoms with Gasteiger partial charge in [-0.05, 0) is 46.9 Å². The van der Waals surface area contributed by atoms with E-state index < -0.39 is 0 Å². The normalized spacial score (nSPS) is 14.9. The molecule has 1 aromatic carbocycles. The largest absolute Gasteiger partial charge is 0.456 e. The second-order valence-corrected chi connectivity index (χ2v) is 4.15. The van der Waals surface area contributed by atoms with Crippen molar-refractivity contribution in [1.82, 2.24) is 0 Å². The lowest BCUT2D eigenvalue weighted by Crippen LogP contribution is -2.00. The minimum absolute atomic E-state index is 0.280. The third-order valence-corrected chi connectivity index (χ3v) is 2.53. The molecule has 4 heteroatoms. The van der Waals surface area contributed by atoms with E-state index in [1.54, 1.807) is 0 Å². The minimum atomic E-state index is -0.280. The highest BCUT2D eigenvalue weighted by molar-refractivity contribution is 14.1. The van der Waals surface area contributed by atoms with Crippen LogP contribution in [0, 0.1) is 3.57 Å². The zero-order valence-corrected chi connectivity index (χ0v) is 9.45. The van der Waals surface area contributed by atoms with Crippen molar-refractivity contribution in [2.75, 3.05) is 11.9 Å². The molecule has 72 valence electrons. The number of esters is 1. The molecule has 0 atom stereocenters. The Morgan fingerprint density at radius 3 is 2.57 bits per heavy atom. The molecule has 14 heavy (non-hydrogen) atoms. The van der Waals surface area contributed by atoms with Crippen LogP contribution in [-0.4, -0.2) is 12.6 Å². The van der Waals surface area contributed by atoms with Crippen LogP contribution in [0.2, 0.25) is 0 Å². The summed E-state index contributed by atoms with van der Waals surface area (Å²) in [5, 5.41) is 3.11. The van der Waals surface area contributed by atoms with Gasteiger partial charge in [0.15, 0.2) is 0 Å². The summed E-state index contributed by atoms with van der Waals surface area (Å²) >= 11 is 2.24. The van der Waals surface area contributed by atoms with Crippen molar-refractivity contribution in [3.05, 3.63) is 39.6 Å². The van der Waals surface area contributed by atoms with Crippen LogP contribution in [0.1, 0.15) is 0 Å². The van der Waals surface area contributed by atoms with E-state index in [4.69, 9.17) is 4.74 Å². The predicted octanol–water partition coefficient (Wildman–Crippen LogP) is 2.14. The van der Waals surface area contributed by atoms with Crippen LogP contribution in [0.25, 0.3) is 0 Å². The first kappa shape index (κ1) is 9.51. The molecular formula is C10H8INO2. The number of rotatable bonds is 2. The SMILES string of the molecule is O=C1C=C(Nc2ccc(I)cc2)CO1. The van der Waals surface area contributed by atoms with E-state index in [1.807, 2.05) is 24.3 Å². The number of anilines is 1. The van der Waals surface area contributed by atoms with Gasteiger partial charge in [0.2, 0.25) is 0 Å². The first-order chi connectivity index (χ1) is 6.74. The van der Waals surface area contributed by atoms with Gasteiger partial charge in [-0.15, -0.1) is 0 Å². The number of halogens is 1. The lowest BCUT2D eigenvalue weighted by molar-refractivity contribution is -0.134. The summed E-state index contributed by atoms with van der Waals surface area (Å²) in [6.07, 6.45) is 1.47. The second-order valence-electron chi connectivity index (χ2n) is 2.91. The molecule has 1 aromatic rings. The number of hydrogen-bond donors (Lipinski definition) is 1. The fourth-order valence-electron chi connectivity index (χ4n) is 1.17. The fourth-order valence-corrected chi connectivity index (χ4v) is 1.52. The lowest BCUT2D eigenvalue weighted by Gasteiger charge is -2.05. The van der Waals surface area contributed by atoms with Crippen molar-refractivity contribution in [1.29, 1.82) is 0 Å². The van der Waals surface area contributed by atoms with Gasteiger partial charge in [-0.3, -0.25) is 0 Å². The van der Waals surface area contributed by atoms with E-state index in [0.717, 1.165) is 11.4 Å². The van der Waals surface area contributed by atoms with Crippen molar-refractivity contribution in [2.24, 2.45) is 0 Å². The van der Waals surface area contributed by atoms with Gasteiger partial charge in [-0.25, -0.2) is 4.79 Å². The highest BCUT2D eigenvalue weighted by Crippen LogP contribution is 2.15. The standard InChI is InChI=1S/C10H8INO2/c11-7-1-3-8(4-2-7)12-9-5-10(13)14-6-9/h1-5,12H,6H2. The van der Waals surface area contributed by atoms with E-state index in [9.17, 15) is 4.79 Å². The highest BCUT2D eigenvalue weighted by Gasteiger charge is 2.12. The molecule has 0 aliphatic carbocycles. The topological polar surface area (TPSA) is 38.3 Å². The van der Waals surface area contributed by atoms with Crippen LogP contribution in [0.4, 0.5) is 5.69 Å². The molecule has 0 radical (unpaired) electrons. The van der Waals surface area contributed by atoms with Crippen LogP contribution >= 0.6 is 22.6 Å². The molecule has 0 amide bonds.